The average molecular weight is 259 g/mol. The summed E-state index contributed by atoms with van der Waals surface area (Å²) < 4.78 is 1.03. The molecule has 0 fully saturated rings. The molecule has 0 amide bonds. The van der Waals surface area contributed by atoms with Crippen molar-refractivity contribution in [3.05, 3.63) is 34.3 Å². The number of rotatable bonds is 3. The van der Waals surface area contributed by atoms with E-state index in [9.17, 15) is 4.79 Å². The maximum atomic E-state index is 11.3. The smallest absolute Gasteiger partial charge is 0.193 e. The zero-order valence-electron chi connectivity index (χ0n) is 7.42. The maximum Gasteiger partial charge on any atom is 0.193 e. The first-order chi connectivity index (χ1) is 6.22. The van der Waals surface area contributed by atoms with Crippen LogP contribution in [-0.4, -0.2) is 10.9 Å². The van der Waals surface area contributed by atoms with Crippen LogP contribution in [0.3, 0.4) is 0 Å². The van der Waals surface area contributed by atoms with Gasteiger partial charge in [0.2, 0.25) is 0 Å². The number of halogens is 1. The molecule has 0 spiro atoms. The molecule has 1 aromatic carbocycles. The molecule has 0 aliphatic heterocycles. The van der Waals surface area contributed by atoms with Crippen molar-refractivity contribution in [2.75, 3.05) is 5.75 Å². The zero-order chi connectivity index (χ0) is 9.68. The van der Waals surface area contributed by atoms with Gasteiger partial charge in [0.25, 0.3) is 0 Å². The molecule has 0 aromatic heterocycles. The average Bonchev–Trinajstić information content (AvgIpc) is 2.04. The third-order valence-electron chi connectivity index (χ3n) is 1.54. The summed E-state index contributed by atoms with van der Waals surface area (Å²) in [5, 5.41) is 0.237. The summed E-state index contributed by atoms with van der Waals surface area (Å²) in [4.78, 5) is 11.3. The number of carbonyl (C=O) groups excluding carboxylic acids is 1. The third-order valence-corrected chi connectivity index (χ3v) is 2.79. The Hall–Kier alpha value is -0.280. The lowest BCUT2D eigenvalue weighted by Crippen LogP contribution is -1.97. The van der Waals surface area contributed by atoms with Crippen LogP contribution in [0.25, 0.3) is 0 Å². The van der Waals surface area contributed by atoms with Crippen LogP contribution in [-0.2, 0) is 11.2 Å². The first-order valence-corrected chi connectivity index (χ1v) is 5.90. The second kappa shape index (κ2) is 5.45. The van der Waals surface area contributed by atoms with E-state index in [0.29, 0.717) is 6.42 Å². The molecule has 3 heteroatoms. The Morgan fingerprint density at radius 3 is 2.92 bits per heavy atom. The molecule has 0 heterocycles. The molecule has 13 heavy (non-hydrogen) atoms. The first kappa shape index (κ1) is 10.8. The SMILES string of the molecule is CCSC(=O)Cc1cccc(Br)c1. The van der Waals surface area contributed by atoms with E-state index in [1.807, 2.05) is 31.2 Å². The van der Waals surface area contributed by atoms with Gasteiger partial charge in [-0.05, 0) is 23.4 Å². The summed E-state index contributed by atoms with van der Waals surface area (Å²) in [5.74, 6) is 0.854. The molecule has 0 bridgehead atoms. The lowest BCUT2D eigenvalue weighted by Gasteiger charge is -1.99. The number of hydrogen-bond donors (Lipinski definition) is 0. The molecule has 0 saturated heterocycles. The van der Waals surface area contributed by atoms with E-state index in [4.69, 9.17) is 0 Å². The van der Waals surface area contributed by atoms with Crippen molar-refractivity contribution in [1.29, 1.82) is 0 Å². The Kier molecular flexibility index (Phi) is 4.53. The quantitative estimate of drug-likeness (QED) is 0.828. The third kappa shape index (κ3) is 3.96. The Balaban J connectivity index is 2.58. The second-order valence-corrected chi connectivity index (χ2v) is 4.85. The topological polar surface area (TPSA) is 17.1 Å². The van der Waals surface area contributed by atoms with Gasteiger partial charge < -0.3 is 0 Å². The number of benzene rings is 1. The summed E-state index contributed by atoms with van der Waals surface area (Å²) in [5.41, 5.74) is 1.07. The molecule has 70 valence electrons. The fourth-order valence-electron chi connectivity index (χ4n) is 1.03. The molecule has 0 atom stereocenters. The van der Waals surface area contributed by atoms with Crippen molar-refractivity contribution >= 4 is 32.8 Å². The van der Waals surface area contributed by atoms with Crippen LogP contribution in [0.1, 0.15) is 12.5 Å². The fourth-order valence-corrected chi connectivity index (χ4v) is 2.06. The van der Waals surface area contributed by atoms with Crippen LogP contribution < -0.4 is 0 Å². The predicted molar refractivity (Wildman–Crippen MR) is 61.0 cm³/mol. The Labute approximate surface area is 91.0 Å². The summed E-state index contributed by atoms with van der Waals surface area (Å²) >= 11 is 4.75. The van der Waals surface area contributed by atoms with E-state index in [2.05, 4.69) is 15.9 Å². The van der Waals surface area contributed by atoms with Gasteiger partial charge in [-0.25, -0.2) is 0 Å². The van der Waals surface area contributed by atoms with Crippen LogP contribution in [0.2, 0.25) is 0 Å². The monoisotopic (exact) mass is 258 g/mol. The van der Waals surface area contributed by atoms with Gasteiger partial charge in [-0.2, -0.15) is 0 Å². The number of carbonyl (C=O) groups is 1. The molecule has 0 saturated carbocycles. The standard InChI is InChI=1S/C10H11BrOS/c1-2-13-10(12)7-8-4-3-5-9(11)6-8/h3-6H,2,7H2,1H3. The lowest BCUT2D eigenvalue weighted by atomic mass is 10.2. The van der Waals surface area contributed by atoms with Crippen LogP contribution >= 0.6 is 27.7 Å². The van der Waals surface area contributed by atoms with Crippen molar-refractivity contribution in [1.82, 2.24) is 0 Å². The number of thioether (sulfide) groups is 1. The zero-order valence-corrected chi connectivity index (χ0v) is 9.82. The van der Waals surface area contributed by atoms with Crippen molar-refractivity contribution in [2.45, 2.75) is 13.3 Å². The molecule has 1 nitrogen and oxygen atoms in total. The second-order valence-electron chi connectivity index (χ2n) is 2.61. The van der Waals surface area contributed by atoms with Gasteiger partial charge in [-0.1, -0.05) is 46.7 Å². The van der Waals surface area contributed by atoms with E-state index in [-0.39, 0.29) is 5.12 Å². The van der Waals surface area contributed by atoms with Gasteiger partial charge in [0, 0.05) is 10.9 Å². The van der Waals surface area contributed by atoms with Crippen LogP contribution in [0.5, 0.6) is 0 Å². The molecular formula is C10H11BrOS. The highest BCUT2D eigenvalue weighted by Gasteiger charge is 2.02. The maximum absolute atomic E-state index is 11.3. The first-order valence-electron chi connectivity index (χ1n) is 4.12. The number of hydrogen-bond acceptors (Lipinski definition) is 2. The molecular weight excluding hydrogens is 248 g/mol. The summed E-state index contributed by atoms with van der Waals surface area (Å²) in [6, 6.07) is 7.86. The Bertz CT molecular complexity index is 299. The molecule has 0 radical (unpaired) electrons. The highest BCUT2D eigenvalue weighted by atomic mass is 79.9. The van der Waals surface area contributed by atoms with Gasteiger partial charge in [-0.15, -0.1) is 0 Å². The van der Waals surface area contributed by atoms with E-state index in [1.54, 1.807) is 0 Å². The predicted octanol–water partition coefficient (Wildman–Crippen LogP) is 3.27. The fraction of sp³-hybridized carbons (Fsp3) is 0.300. The van der Waals surface area contributed by atoms with Gasteiger partial charge >= 0.3 is 0 Å². The van der Waals surface area contributed by atoms with Crippen LogP contribution in [0, 0.1) is 0 Å². The van der Waals surface area contributed by atoms with Gasteiger partial charge in [-0.3, -0.25) is 4.79 Å². The van der Waals surface area contributed by atoms with E-state index in [0.717, 1.165) is 15.8 Å². The van der Waals surface area contributed by atoms with E-state index in [1.165, 1.54) is 11.8 Å². The summed E-state index contributed by atoms with van der Waals surface area (Å²) in [6.07, 6.45) is 0.526. The molecule has 0 N–H and O–H groups in total. The summed E-state index contributed by atoms with van der Waals surface area (Å²) in [7, 11) is 0. The molecule has 0 unspecified atom stereocenters. The van der Waals surface area contributed by atoms with Crippen molar-refractivity contribution in [2.24, 2.45) is 0 Å². The normalized spacial score (nSPS) is 10.0. The highest BCUT2D eigenvalue weighted by molar-refractivity contribution is 9.10. The van der Waals surface area contributed by atoms with Crippen LogP contribution in [0.4, 0.5) is 0 Å². The van der Waals surface area contributed by atoms with Crippen LogP contribution in [0.15, 0.2) is 28.7 Å². The Morgan fingerprint density at radius 1 is 1.54 bits per heavy atom. The largest absolute Gasteiger partial charge is 0.287 e. The highest BCUT2D eigenvalue weighted by Crippen LogP contribution is 2.14. The van der Waals surface area contributed by atoms with E-state index < -0.39 is 0 Å². The minimum atomic E-state index is 0.237. The van der Waals surface area contributed by atoms with Crippen molar-refractivity contribution in [3.8, 4) is 0 Å². The van der Waals surface area contributed by atoms with Gasteiger partial charge in [0.05, 0.1) is 0 Å². The molecule has 0 aliphatic carbocycles. The molecule has 0 aliphatic rings. The lowest BCUT2D eigenvalue weighted by molar-refractivity contribution is -0.110. The van der Waals surface area contributed by atoms with Gasteiger partial charge in [0.1, 0.15) is 0 Å². The van der Waals surface area contributed by atoms with E-state index >= 15 is 0 Å². The summed E-state index contributed by atoms with van der Waals surface area (Å²) in [6.45, 7) is 1.99. The Morgan fingerprint density at radius 2 is 2.31 bits per heavy atom. The van der Waals surface area contributed by atoms with Crippen molar-refractivity contribution in [3.63, 3.8) is 0 Å². The molecule has 1 rings (SSSR count). The van der Waals surface area contributed by atoms with Gasteiger partial charge in [0.15, 0.2) is 5.12 Å². The minimum absolute atomic E-state index is 0.237. The van der Waals surface area contributed by atoms with Crippen molar-refractivity contribution < 1.29 is 4.79 Å². The minimum Gasteiger partial charge on any atom is -0.287 e. The molecule has 1 aromatic rings.